The summed E-state index contributed by atoms with van der Waals surface area (Å²) in [6, 6.07) is 37.3. The van der Waals surface area contributed by atoms with Crippen LogP contribution in [-0.2, 0) is 192 Å². The summed E-state index contributed by atoms with van der Waals surface area (Å²) in [5, 5.41) is 0.823. The molecule has 0 spiro atoms. The van der Waals surface area contributed by atoms with E-state index in [1.54, 1.807) is 33.0 Å². The van der Waals surface area contributed by atoms with E-state index in [9.17, 15) is 123 Å². The Balaban J connectivity index is 0.000000744. The molecule has 0 aliphatic rings. The van der Waals surface area contributed by atoms with E-state index >= 15 is 0 Å². The largest absolute Gasteiger partial charge is 0.431 e. The molecular formula is C74H49Cl6F15N12O12W6-6. The van der Waals surface area contributed by atoms with Crippen LogP contribution in [0.2, 0.25) is 30.1 Å². The predicted molar refractivity (Wildman–Crippen MR) is 405 cm³/mol. The number of hydrogen-bond donors (Lipinski definition) is 0. The van der Waals surface area contributed by atoms with Gasteiger partial charge in [-0.05, 0) is 44.8 Å². The molecule has 0 unspecified atom stereocenters. The monoisotopic (exact) mass is 2900 g/mol. The van der Waals surface area contributed by atoms with Crippen LogP contribution in [-0.4, -0.2) is 54.8 Å². The zero-order valence-corrected chi connectivity index (χ0v) is 85.8. The second-order valence-corrected chi connectivity index (χ2v) is 26.3. The Labute approximate surface area is 807 Å². The van der Waals surface area contributed by atoms with Gasteiger partial charge in [-0.3, -0.25) is 74.4 Å². The number of benzene rings is 6. The summed E-state index contributed by atoms with van der Waals surface area (Å²) < 4.78 is 202. The molecule has 0 amide bonds. The van der Waals surface area contributed by atoms with Crippen LogP contribution in [0.1, 0.15) is 48.0 Å². The summed E-state index contributed by atoms with van der Waals surface area (Å²) >= 11 is 33.5. The molecule has 6 aromatic carbocycles. The van der Waals surface area contributed by atoms with Gasteiger partial charge in [-0.25, -0.2) is 41.9 Å². The topological polar surface area (TPSA) is 264 Å². The number of aryl methyl sites for hydroxylation is 2. The van der Waals surface area contributed by atoms with E-state index in [0.29, 0.717) is 61.6 Å². The number of aromatic nitrogens is 12. The first kappa shape index (κ1) is 115. The average Bonchev–Trinajstić information content (AvgIpc) is 0.764. The molecule has 0 N–H and O–H groups in total. The van der Waals surface area contributed by atoms with Crippen LogP contribution < -0.4 is 67.5 Å². The van der Waals surface area contributed by atoms with Crippen molar-refractivity contribution in [2.24, 2.45) is 28.2 Å². The maximum Gasteiger partial charge on any atom is 0.431 e. The molecule has 0 fully saturated rings. The van der Waals surface area contributed by atoms with Gasteiger partial charge >= 0.3 is 58.8 Å². The van der Waals surface area contributed by atoms with E-state index in [-0.39, 0.29) is 214 Å². The molecule has 0 aliphatic heterocycles. The fourth-order valence-corrected chi connectivity index (χ4v) is 11.1. The molecule has 12 rings (SSSR count). The quantitative estimate of drug-likeness (QED) is 0.102. The van der Waals surface area contributed by atoms with Gasteiger partial charge in [0.2, 0.25) is 33.4 Å². The smallest absolute Gasteiger partial charge is 0.301 e. The number of rotatable bonds is 8. The standard InChI is InChI=1S/C13H8ClF4N2O2.C13H9ClF3N2O2.C12H6ClF4N2O2.C12H7ClF3N2O2.C12H9ClFN2O2.C12H10ClN2O2.6W/c1-2-19-10(13(16,17)18)6-11(21)20(12(19)22)9-4-3-7(14)5-8(9)15;1-2-18-10(13(15,16)17)7-11(20)19(12(18)21)9-5-3-8(14)4-6-9;1-18-9(12(15,16)17)5-10(20)19(11(18)21)8-3-2-6(13)4-7(8)14;1-17-9(12(14,15)16)6-10(19)18(11(17)20)8-4-2-7(13)3-5-8;1-7-5-11(17)16(12(18)15(7)2)10-4-3-8(13)6-9(10)14;1-8-7-11(16)15(12(17)14(8)2)10-5-3-9(13)4-6-10;;;;;;/h4-6H,2H2,1H3;3,5-7H,2H2,1H3;3-5H,1H3;2,4-6H,1H3;4-6H,1-2H3;3,5-7H,1-2H3;;;;;;/q6*-1;;;;;;. The average molecular weight is 2900 g/mol. The van der Waals surface area contributed by atoms with Crippen molar-refractivity contribution >= 4 is 69.6 Å². The van der Waals surface area contributed by atoms with Gasteiger partial charge in [0.25, 0.3) is 0 Å². The van der Waals surface area contributed by atoms with Crippen molar-refractivity contribution in [2.75, 3.05) is 0 Å². The van der Waals surface area contributed by atoms with Gasteiger partial charge in [-0.2, -0.15) is 125 Å². The van der Waals surface area contributed by atoms with Gasteiger partial charge in [0.15, 0.2) is 0 Å². The van der Waals surface area contributed by atoms with Crippen molar-refractivity contribution < 1.29 is 192 Å². The van der Waals surface area contributed by atoms with Crippen LogP contribution in [0.5, 0.6) is 0 Å². The first-order chi connectivity index (χ1) is 55.2. The van der Waals surface area contributed by atoms with Crippen LogP contribution in [0.25, 0.3) is 34.1 Å². The Morgan fingerprint density at radius 1 is 0.280 bits per heavy atom. The molecule has 6 aromatic heterocycles. The van der Waals surface area contributed by atoms with Crippen LogP contribution in [0, 0.1) is 67.7 Å². The molecule has 666 valence electrons. The maximum atomic E-state index is 13.8. The molecule has 0 atom stereocenters. The minimum atomic E-state index is -4.88. The third-order valence-electron chi connectivity index (χ3n) is 16.2. The number of halogens is 21. The summed E-state index contributed by atoms with van der Waals surface area (Å²) in [5.41, 5.74) is -16.3. The van der Waals surface area contributed by atoms with Gasteiger partial charge in [0.05, 0.1) is 0 Å². The van der Waals surface area contributed by atoms with Crippen molar-refractivity contribution in [2.45, 2.75) is 65.5 Å². The van der Waals surface area contributed by atoms with E-state index in [1.165, 1.54) is 90.7 Å². The minimum absolute atomic E-state index is 0. The summed E-state index contributed by atoms with van der Waals surface area (Å²) in [7, 11) is 4.90. The van der Waals surface area contributed by atoms with Crippen molar-refractivity contribution in [3.8, 4) is 34.1 Å². The Morgan fingerprint density at radius 2 is 0.488 bits per heavy atom. The van der Waals surface area contributed by atoms with E-state index in [2.05, 4.69) is 36.4 Å². The van der Waals surface area contributed by atoms with E-state index in [1.807, 2.05) is 0 Å². The number of alkyl halides is 12. The number of nitrogens with zero attached hydrogens (tertiary/aromatic N) is 12. The third-order valence-corrected chi connectivity index (χ3v) is 17.6. The van der Waals surface area contributed by atoms with E-state index < -0.39 is 133 Å². The molecule has 125 heavy (non-hydrogen) atoms. The maximum absolute atomic E-state index is 13.8. The van der Waals surface area contributed by atoms with Crippen LogP contribution in [0.15, 0.2) is 185 Å². The Hall–Kier alpha value is -7.78. The van der Waals surface area contributed by atoms with E-state index in [0.717, 1.165) is 53.6 Å². The first-order valence-corrected chi connectivity index (χ1v) is 34.9. The van der Waals surface area contributed by atoms with E-state index in [4.69, 9.17) is 69.6 Å². The second-order valence-electron chi connectivity index (χ2n) is 23.9. The Kier molecular flexibility index (Phi) is 43.8. The molecular weight excluding hydrogens is 2850 g/mol. The Morgan fingerprint density at radius 3 is 0.744 bits per heavy atom. The summed E-state index contributed by atoms with van der Waals surface area (Å²) in [6.45, 7) is 5.46. The van der Waals surface area contributed by atoms with Gasteiger partial charge in [0.1, 0.15) is 22.8 Å². The van der Waals surface area contributed by atoms with Gasteiger partial charge < -0.3 is 9.13 Å². The number of hydrogen-bond acceptors (Lipinski definition) is 12. The Bertz CT molecular complexity index is 6700. The van der Waals surface area contributed by atoms with Crippen molar-refractivity contribution in [1.29, 1.82) is 0 Å². The molecule has 12 aromatic rings. The van der Waals surface area contributed by atoms with Gasteiger partial charge in [-0.1, -0.05) is 47.2 Å². The van der Waals surface area contributed by atoms with Gasteiger partial charge in [-0.15, -0.1) is 124 Å². The zero-order chi connectivity index (χ0) is 89.5. The van der Waals surface area contributed by atoms with Crippen molar-refractivity contribution in [1.82, 2.24) is 54.8 Å². The summed E-state index contributed by atoms with van der Waals surface area (Å²) in [6.07, 6.45) is -19.3. The minimum Gasteiger partial charge on any atom is -0.301 e. The molecule has 24 nitrogen and oxygen atoms in total. The molecule has 0 aliphatic carbocycles. The van der Waals surface area contributed by atoms with Crippen LogP contribution in [0.4, 0.5) is 65.9 Å². The third kappa shape index (κ3) is 27.9. The second kappa shape index (κ2) is 47.5. The molecule has 0 saturated heterocycles. The SMILES string of the molecule is CCn1c(C(F)(F)F)cc(=O)n(-c2c[c-]c(Cl)cc2)c1=O.CCn1c(C(F)(F)F)cc(=O)n(-c2c[c-]c(Cl)cc2F)c1=O.Cc1cc(=O)n(-c2c[c-]c(Cl)cc2)c(=O)n1C.Cc1cc(=O)n(-c2c[c-]c(Cl)cc2F)c(=O)n1C.Cn1c(C(F)(F)F)cc(=O)n(-c2c[c-]c(Cl)cc2)c1=O.Cn1c(C(F)(F)F)cc(=O)n(-c2c[c-]c(Cl)cc2F)c1=O.[W].[W].[W].[W].[W].[W]. The summed E-state index contributed by atoms with van der Waals surface area (Å²) in [5.74, 6) is -2.80. The van der Waals surface area contributed by atoms with Gasteiger partial charge in [0, 0.05) is 233 Å². The molecule has 51 heteroatoms. The fourth-order valence-electron chi connectivity index (χ4n) is 10.3. The first-order valence-electron chi connectivity index (χ1n) is 32.6. The van der Waals surface area contributed by atoms with Crippen LogP contribution in [0.3, 0.4) is 0 Å². The fraction of sp³-hybridized carbons (Fsp3) is 0.189. The molecule has 0 bridgehead atoms. The normalized spacial score (nSPS) is 10.8. The van der Waals surface area contributed by atoms with Crippen LogP contribution >= 0.6 is 69.6 Å². The van der Waals surface area contributed by atoms with Crippen molar-refractivity contribution in [3.63, 3.8) is 0 Å². The molecule has 0 saturated carbocycles. The molecule has 6 heterocycles. The molecule has 0 radical (unpaired) electrons. The zero-order valence-electron chi connectivity index (χ0n) is 63.7. The predicted octanol–water partition coefficient (Wildman–Crippen LogP) is 12.0. The summed E-state index contributed by atoms with van der Waals surface area (Å²) in [4.78, 5) is 143. The van der Waals surface area contributed by atoms with Crippen molar-refractivity contribution in [3.05, 3.63) is 371 Å².